The van der Waals surface area contributed by atoms with Gasteiger partial charge in [-0.2, -0.15) is 13.2 Å². The molecule has 2 N–H and O–H groups in total. The number of aromatic nitrogens is 1. The number of esters is 1. The van der Waals surface area contributed by atoms with E-state index in [1.165, 1.54) is 12.1 Å². The number of pyridine rings is 1. The molecule has 1 aromatic rings. The zero-order valence-electron chi connectivity index (χ0n) is 10.5. The van der Waals surface area contributed by atoms with Crippen LogP contribution in [0.15, 0.2) is 12.1 Å². The smallest absolute Gasteiger partial charge is 0.389 e. The van der Waals surface area contributed by atoms with Crippen molar-refractivity contribution in [1.82, 2.24) is 4.98 Å². The third kappa shape index (κ3) is 8.31. The highest BCUT2D eigenvalue weighted by Gasteiger charge is 2.29. The van der Waals surface area contributed by atoms with Crippen molar-refractivity contribution in [2.75, 3.05) is 0 Å². The maximum atomic E-state index is 12.0. The molecule has 0 aliphatic rings. The number of nitrogens with zero attached hydrogens (tertiary/aromatic N) is 1. The minimum atomic E-state index is -4.36. The van der Waals surface area contributed by atoms with Gasteiger partial charge in [0.25, 0.3) is 0 Å². The van der Waals surface area contributed by atoms with Crippen molar-refractivity contribution in [3.8, 4) is 0 Å². The number of alkyl halides is 3. The number of nitrogens with two attached hydrogens (primary N) is 1. The molecule has 4 nitrogen and oxygen atoms in total. The standard InChI is InChI=1S/C11H11Cl2F3N2O2.ClH/c12-8-3-6(4-9(13)18-8)5-20-10(19)7(17)1-2-11(14,15)16;/h3-4,7H,1-2,5,17H2;1H/t7-;/m0./s1. The minimum Gasteiger partial charge on any atom is -0.460 e. The quantitative estimate of drug-likeness (QED) is 0.639. The molecule has 0 fully saturated rings. The van der Waals surface area contributed by atoms with Gasteiger partial charge in [0.1, 0.15) is 23.0 Å². The van der Waals surface area contributed by atoms with E-state index in [9.17, 15) is 18.0 Å². The van der Waals surface area contributed by atoms with Gasteiger partial charge in [-0.3, -0.25) is 4.79 Å². The van der Waals surface area contributed by atoms with Crippen molar-refractivity contribution >= 4 is 41.6 Å². The van der Waals surface area contributed by atoms with Crippen molar-refractivity contribution in [3.63, 3.8) is 0 Å². The lowest BCUT2D eigenvalue weighted by atomic mass is 10.1. The zero-order valence-corrected chi connectivity index (χ0v) is 12.8. The van der Waals surface area contributed by atoms with Crippen LogP contribution in [0.4, 0.5) is 13.2 Å². The summed E-state index contributed by atoms with van der Waals surface area (Å²) in [6.45, 7) is -0.194. The summed E-state index contributed by atoms with van der Waals surface area (Å²) in [5.41, 5.74) is 5.77. The minimum absolute atomic E-state index is 0. The van der Waals surface area contributed by atoms with E-state index in [4.69, 9.17) is 33.7 Å². The predicted octanol–water partition coefficient (Wildman–Crippen LogP) is 3.52. The number of carbonyl (C=O) groups is 1. The first-order valence-electron chi connectivity index (χ1n) is 5.48. The number of rotatable bonds is 5. The zero-order chi connectivity index (χ0) is 15.3. The van der Waals surface area contributed by atoms with Crippen molar-refractivity contribution in [3.05, 3.63) is 28.0 Å². The molecule has 0 saturated heterocycles. The highest BCUT2D eigenvalue weighted by atomic mass is 35.5. The van der Waals surface area contributed by atoms with Gasteiger partial charge in [0.2, 0.25) is 0 Å². The first kappa shape index (κ1) is 20.2. The van der Waals surface area contributed by atoms with Gasteiger partial charge >= 0.3 is 12.1 Å². The number of hydrogen-bond donors (Lipinski definition) is 1. The van der Waals surface area contributed by atoms with Crippen LogP contribution >= 0.6 is 35.6 Å². The Morgan fingerprint density at radius 3 is 2.33 bits per heavy atom. The van der Waals surface area contributed by atoms with Crippen LogP contribution in [0, 0.1) is 0 Å². The van der Waals surface area contributed by atoms with Gasteiger partial charge < -0.3 is 10.5 Å². The molecular weight excluding hydrogens is 355 g/mol. The fraction of sp³-hybridized carbons (Fsp3) is 0.455. The van der Waals surface area contributed by atoms with Crippen LogP contribution < -0.4 is 5.73 Å². The van der Waals surface area contributed by atoms with Gasteiger partial charge in [-0.1, -0.05) is 23.2 Å². The molecule has 1 atom stereocenters. The first-order chi connectivity index (χ1) is 9.17. The van der Waals surface area contributed by atoms with Crippen LogP contribution in [0.1, 0.15) is 18.4 Å². The lowest BCUT2D eigenvalue weighted by Gasteiger charge is -2.13. The summed E-state index contributed by atoms with van der Waals surface area (Å²) in [5, 5.41) is 0.231. The third-order valence-electron chi connectivity index (χ3n) is 2.25. The number of hydrogen-bond acceptors (Lipinski definition) is 4. The fourth-order valence-electron chi connectivity index (χ4n) is 1.30. The van der Waals surface area contributed by atoms with Gasteiger partial charge in [0, 0.05) is 6.42 Å². The molecule has 0 bridgehead atoms. The summed E-state index contributed by atoms with van der Waals surface area (Å²) in [6, 6.07) is 1.51. The van der Waals surface area contributed by atoms with E-state index >= 15 is 0 Å². The van der Waals surface area contributed by atoms with Gasteiger partial charge in [0.15, 0.2) is 0 Å². The highest BCUT2D eigenvalue weighted by molar-refractivity contribution is 6.32. The Balaban J connectivity index is 0.00000400. The van der Waals surface area contributed by atoms with Crippen LogP contribution in [0.25, 0.3) is 0 Å². The molecule has 120 valence electrons. The second-order valence-electron chi connectivity index (χ2n) is 3.99. The number of ether oxygens (including phenoxy) is 1. The van der Waals surface area contributed by atoms with Crippen molar-refractivity contribution < 1.29 is 22.7 Å². The lowest BCUT2D eigenvalue weighted by Crippen LogP contribution is -2.33. The Kier molecular flexibility index (Phi) is 8.31. The molecular formula is C11H12Cl3F3N2O2. The monoisotopic (exact) mass is 366 g/mol. The molecule has 10 heteroatoms. The SMILES string of the molecule is Cl.N[C@@H](CCC(F)(F)F)C(=O)OCc1cc(Cl)nc(Cl)c1. The average molecular weight is 368 g/mol. The molecule has 0 radical (unpaired) electrons. The first-order valence-corrected chi connectivity index (χ1v) is 6.24. The maximum Gasteiger partial charge on any atom is 0.389 e. The molecule has 0 unspecified atom stereocenters. The third-order valence-corrected chi connectivity index (χ3v) is 2.63. The second-order valence-corrected chi connectivity index (χ2v) is 4.76. The molecule has 1 rings (SSSR count). The molecule has 21 heavy (non-hydrogen) atoms. The lowest BCUT2D eigenvalue weighted by molar-refractivity contribution is -0.150. The van der Waals surface area contributed by atoms with E-state index in [0.29, 0.717) is 5.56 Å². The maximum absolute atomic E-state index is 12.0. The Morgan fingerprint density at radius 1 is 1.33 bits per heavy atom. The van der Waals surface area contributed by atoms with Crippen molar-refractivity contribution in [1.29, 1.82) is 0 Å². The van der Waals surface area contributed by atoms with Crippen LogP contribution in [0.3, 0.4) is 0 Å². The summed E-state index contributed by atoms with van der Waals surface area (Å²) >= 11 is 11.3. The molecule has 0 aromatic carbocycles. The molecule has 0 aliphatic heterocycles. The van der Waals surface area contributed by atoms with Crippen molar-refractivity contribution in [2.45, 2.75) is 31.7 Å². The van der Waals surface area contributed by atoms with Gasteiger partial charge in [-0.25, -0.2) is 4.98 Å². The molecule has 0 saturated carbocycles. The van der Waals surface area contributed by atoms with Crippen LogP contribution in [-0.2, 0) is 16.1 Å². The summed E-state index contributed by atoms with van der Waals surface area (Å²) in [6.07, 6.45) is -6.03. The summed E-state index contributed by atoms with van der Waals surface area (Å²) in [7, 11) is 0. The van der Waals surface area contributed by atoms with E-state index in [1.54, 1.807) is 0 Å². The topological polar surface area (TPSA) is 65.2 Å². The normalized spacial score (nSPS) is 12.5. The Hall–Kier alpha value is -0.760. The van der Waals surface area contributed by atoms with E-state index in [2.05, 4.69) is 4.98 Å². The van der Waals surface area contributed by atoms with Gasteiger partial charge in [-0.05, 0) is 24.1 Å². The summed E-state index contributed by atoms with van der Waals surface area (Å²) < 4.78 is 40.7. The Labute approximate surface area is 135 Å². The van der Waals surface area contributed by atoms with Crippen molar-refractivity contribution in [2.24, 2.45) is 5.73 Å². The number of carbonyl (C=O) groups excluding carboxylic acids is 1. The Bertz CT molecular complexity index is 466. The number of halogens is 6. The molecule has 0 amide bonds. The average Bonchev–Trinajstić information content (AvgIpc) is 2.31. The van der Waals surface area contributed by atoms with Gasteiger partial charge in [0.05, 0.1) is 0 Å². The molecule has 0 aliphatic carbocycles. The molecule has 1 heterocycles. The fourth-order valence-corrected chi connectivity index (χ4v) is 1.80. The summed E-state index contributed by atoms with van der Waals surface area (Å²) in [5.74, 6) is -0.918. The van der Waals surface area contributed by atoms with Gasteiger partial charge in [-0.15, -0.1) is 12.4 Å². The second kappa shape index (κ2) is 8.63. The molecule has 1 aromatic heterocycles. The van der Waals surface area contributed by atoms with Crippen LogP contribution in [-0.4, -0.2) is 23.2 Å². The van der Waals surface area contributed by atoms with E-state index in [0.717, 1.165) is 0 Å². The summed E-state index contributed by atoms with van der Waals surface area (Å²) in [4.78, 5) is 15.1. The Morgan fingerprint density at radius 2 is 1.86 bits per heavy atom. The van der Waals surface area contributed by atoms with E-state index < -0.39 is 31.0 Å². The molecule has 0 spiro atoms. The predicted molar refractivity (Wildman–Crippen MR) is 74.6 cm³/mol. The largest absolute Gasteiger partial charge is 0.460 e. The van der Waals surface area contributed by atoms with E-state index in [-0.39, 0.29) is 29.3 Å². The van der Waals surface area contributed by atoms with Crippen LogP contribution in [0.5, 0.6) is 0 Å². The highest BCUT2D eigenvalue weighted by Crippen LogP contribution is 2.22. The van der Waals surface area contributed by atoms with Crippen LogP contribution in [0.2, 0.25) is 10.3 Å². The van der Waals surface area contributed by atoms with E-state index in [1.807, 2.05) is 0 Å².